The van der Waals surface area contributed by atoms with Gasteiger partial charge in [0, 0.05) is 26.4 Å². The van der Waals surface area contributed by atoms with Gasteiger partial charge in [-0.25, -0.2) is 0 Å². The minimum atomic E-state index is -0.527. The van der Waals surface area contributed by atoms with E-state index in [2.05, 4.69) is 17.2 Å². The van der Waals surface area contributed by atoms with E-state index in [1.165, 1.54) is 5.57 Å². The van der Waals surface area contributed by atoms with E-state index in [9.17, 15) is 15.0 Å². The van der Waals surface area contributed by atoms with E-state index in [0.29, 0.717) is 24.0 Å². The first kappa shape index (κ1) is 22.1. The summed E-state index contributed by atoms with van der Waals surface area (Å²) in [5, 5.41) is 22.9. The van der Waals surface area contributed by atoms with Crippen molar-refractivity contribution in [3.8, 4) is 11.8 Å². The number of rotatable bonds is 7. The number of hydrogen-bond acceptors (Lipinski definition) is 4. The number of carbonyl (C=O) groups excluding carboxylic acids is 1. The van der Waals surface area contributed by atoms with Gasteiger partial charge in [-0.1, -0.05) is 24.6 Å². The van der Waals surface area contributed by atoms with Crippen molar-refractivity contribution < 1.29 is 15.0 Å². The lowest BCUT2D eigenvalue weighted by Gasteiger charge is -2.19. The molecule has 5 heteroatoms. The summed E-state index contributed by atoms with van der Waals surface area (Å²) < 4.78 is 0. The third-order valence-corrected chi connectivity index (χ3v) is 6.69. The van der Waals surface area contributed by atoms with Crippen LogP contribution in [-0.4, -0.2) is 53.1 Å². The Morgan fingerprint density at radius 3 is 2.81 bits per heavy atom. The number of aliphatic hydroxyl groups excluding tert-OH is 2. The van der Waals surface area contributed by atoms with Crippen molar-refractivity contribution in [1.29, 1.82) is 0 Å². The van der Waals surface area contributed by atoms with Crippen LogP contribution in [0.1, 0.15) is 39.5 Å². The van der Waals surface area contributed by atoms with Crippen LogP contribution in [0.5, 0.6) is 0 Å². The minimum Gasteiger partial charge on any atom is -0.392 e. The highest BCUT2D eigenvalue weighted by atomic mass is 32.2. The minimum absolute atomic E-state index is 0.0905. The smallest absolute Gasteiger partial charge is 0.232 e. The number of carbonyl (C=O) groups is 1. The predicted octanol–water partition coefficient (Wildman–Crippen LogP) is 3.07. The Kier molecular flexibility index (Phi) is 8.47. The fourth-order valence-electron chi connectivity index (χ4n) is 4.04. The Morgan fingerprint density at radius 1 is 1.41 bits per heavy atom. The number of aliphatic hydroxyl groups is 2. The first-order valence-corrected chi connectivity index (χ1v) is 10.8. The predicted molar refractivity (Wildman–Crippen MR) is 112 cm³/mol. The van der Waals surface area contributed by atoms with Crippen LogP contribution in [0.15, 0.2) is 23.1 Å². The molecule has 0 heterocycles. The standard InChI is InChI=1S/C22H33NO3S/c1-5-6-7-15(2)20(24)9-8-18-19-11-16(10-17(19)12-21(18)25)13-27-14-22(26)23(3)4/h8-9,13,15,17-21,24-25H,7,10-12,14H2,1-4H3/b9-8+,16-13?/t15-,17-,18+,19-,20-,21+/m0/s1. The van der Waals surface area contributed by atoms with E-state index in [1.807, 2.05) is 26.0 Å². The average Bonchev–Trinajstić information content (AvgIpc) is 3.13. The van der Waals surface area contributed by atoms with E-state index in [-0.39, 0.29) is 23.8 Å². The molecule has 2 saturated carbocycles. The third-order valence-electron chi connectivity index (χ3n) is 5.78. The Labute approximate surface area is 168 Å². The maximum Gasteiger partial charge on any atom is 0.232 e. The molecule has 4 nitrogen and oxygen atoms in total. The van der Waals surface area contributed by atoms with E-state index in [1.54, 1.807) is 30.8 Å². The lowest BCUT2D eigenvalue weighted by molar-refractivity contribution is -0.125. The summed E-state index contributed by atoms with van der Waals surface area (Å²) in [4.78, 5) is 13.3. The van der Waals surface area contributed by atoms with Gasteiger partial charge in [-0.3, -0.25) is 4.79 Å². The van der Waals surface area contributed by atoms with E-state index in [0.717, 1.165) is 19.3 Å². The maximum atomic E-state index is 11.7. The molecule has 0 spiro atoms. The fraction of sp³-hybridized carbons (Fsp3) is 0.682. The van der Waals surface area contributed by atoms with E-state index < -0.39 is 6.10 Å². The third kappa shape index (κ3) is 6.14. The van der Waals surface area contributed by atoms with Crippen LogP contribution < -0.4 is 0 Å². The summed E-state index contributed by atoms with van der Waals surface area (Å²) in [5.74, 6) is 7.62. The van der Waals surface area contributed by atoms with Gasteiger partial charge in [0.15, 0.2) is 0 Å². The van der Waals surface area contributed by atoms with Gasteiger partial charge in [-0.2, -0.15) is 0 Å². The SMILES string of the molecule is CC#CC[C@H](C)[C@@H](O)/C=C/[C@@H]1[C@H]2CC(=CSCC(=O)N(C)C)C[C@H]2C[C@H]1O. The zero-order chi connectivity index (χ0) is 20.0. The van der Waals surface area contributed by atoms with E-state index in [4.69, 9.17) is 0 Å². The number of amides is 1. The molecule has 0 bridgehead atoms. The second kappa shape index (κ2) is 10.4. The molecule has 27 heavy (non-hydrogen) atoms. The van der Waals surface area contributed by atoms with Gasteiger partial charge in [0.2, 0.25) is 5.91 Å². The van der Waals surface area contributed by atoms with Crippen molar-refractivity contribution in [3.63, 3.8) is 0 Å². The Morgan fingerprint density at radius 2 is 2.15 bits per heavy atom. The van der Waals surface area contributed by atoms with Crippen LogP contribution >= 0.6 is 11.8 Å². The first-order valence-electron chi connectivity index (χ1n) is 9.77. The Bertz CT molecular complexity index is 631. The molecular weight excluding hydrogens is 358 g/mol. The first-order chi connectivity index (χ1) is 12.8. The van der Waals surface area contributed by atoms with Crippen LogP contribution in [0.4, 0.5) is 0 Å². The summed E-state index contributed by atoms with van der Waals surface area (Å²) in [7, 11) is 3.55. The van der Waals surface area contributed by atoms with E-state index >= 15 is 0 Å². The lowest BCUT2D eigenvalue weighted by Crippen LogP contribution is -2.23. The number of hydrogen-bond donors (Lipinski definition) is 2. The highest BCUT2D eigenvalue weighted by molar-refractivity contribution is 8.02. The number of thioether (sulfide) groups is 1. The monoisotopic (exact) mass is 391 g/mol. The summed E-state index contributed by atoms with van der Waals surface area (Å²) >= 11 is 1.57. The maximum absolute atomic E-state index is 11.7. The van der Waals surface area contributed by atoms with Crippen molar-refractivity contribution in [3.05, 3.63) is 23.1 Å². The van der Waals surface area contributed by atoms with Gasteiger partial charge >= 0.3 is 0 Å². The number of allylic oxidation sites excluding steroid dienone is 1. The van der Waals surface area contributed by atoms with Gasteiger partial charge in [-0.05, 0) is 49.3 Å². The quantitative estimate of drug-likeness (QED) is 0.517. The van der Waals surface area contributed by atoms with Gasteiger partial charge in [0.25, 0.3) is 0 Å². The van der Waals surface area contributed by atoms with Crippen molar-refractivity contribution in [2.75, 3.05) is 19.8 Å². The lowest BCUT2D eigenvalue weighted by atomic mass is 9.89. The normalized spacial score (nSPS) is 30.8. The topological polar surface area (TPSA) is 60.8 Å². The molecule has 0 radical (unpaired) electrons. The average molecular weight is 392 g/mol. The Hall–Kier alpha value is -1.22. The van der Waals surface area contributed by atoms with Crippen LogP contribution in [-0.2, 0) is 4.79 Å². The molecule has 0 aromatic heterocycles. The molecule has 0 saturated heterocycles. The van der Waals surface area contributed by atoms with Crippen molar-refractivity contribution in [1.82, 2.24) is 4.90 Å². The molecule has 150 valence electrons. The highest BCUT2D eigenvalue weighted by Crippen LogP contribution is 2.50. The molecule has 2 aliphatic carbocycles. The molecule has 2 rings (SSSR count). The van der Waals surface area contributed by atoms with Crippen molar-refractivity contribution in [2.45, 2.75) is 51.7 Å². The van der Waals surface area contributed by atoms with Crippen molar-refractivity contribution >= 4 is 17.7 Å². The Balaban J connectivity index is 1.91. The molecule has 2 N–H and O–H groups in total. The molecule has 0 unspecified atom stereocenters. The summed E-state index contributed by atoms with van der Waals surface area (Å²) in [6, 6.07) is 0. The zero-order valence-electron chi connectivity index (χ0n) is 16.9. The van der Waals surface area contributed by atoms with Gasteiger partial charge < -0.3 is 15.1 Å². The molecule has 1 amide bonds. The van der Waals surface area contributed by atoms with Crippen LogP contribution in [0.2, 0.25) is 0 Å². The van der Waals surface area contributed by atoms with Crippen LogP contribution in [0, 0.1) is 35.5 Å². The van der Waals surface area contributed by atoms with Crippen LogP contribution in [0.3, 0.4) is 0 Å². The molecule has 0 aromatic carbocycles. The molecule has 6 atom stereocenters. The molecular formula is C22H33NO3S. The molecule has 2 fully saturated rings. The fourth-order valence-corrected chi connectivity index (χ4v) is 4.96. The van der Waals surface area contributed by atoms with Crippen LogP contribution in [0.25, 0.3) is 0 Å². The largest absolute Gasteiger partial charge is 0.392 e. The van der Waals surface area contributed by atoms with Gasteiger partial charge in [0.1, 0.15) is 0 Å². The molecule has 0 aliphatic heterocycles. The summed E-state index contributed by atoms with van der Waals surface area (Å²) in [6.07, 6.45) is 6.53. The van der Waals surface area contributed by atoms with Gasteiger partial charge in [0.05, 0.1) is 18.0 Å². The summed E-state index contributed by atoms with van der Waals surface area (Å²) in [6.45, 7) is 3.81. The second-order valence-electron chi connectivity index (χ2n) is 8.07. The highest BCUT2D eigenvalue weighted by Gasteiger charge is 2.45. The van der Waals surface area contributed by atoms with Crippen molar-refractivity contribution in [2.24, 2.45) is 23.7 Å². The molecule has 0 aromatic rings. The second-order valence-corrected chi connectivity index (χ2v) is 8.93. The summed E-state index contributed by atoms with van der Waals surface area (Å²) in [5.41, 5.74) is 1.39. The number of nitrogens with zero attached hydrogens (tertiary/aromatic N) is 1. The number of fused-ring (bicyclic) bond motifs is 1. The molecule has 2 aliphatic rings. The zero-order valence-corrected chi connectivity index (χ0v) is 17.7. The van der Waals surface area contributed by atoms with Gasteiger partial charge in [-0.15, -0.1) is 23.6 Å².